The molecule has 128 valence electrons. The second-order valence-electron chi connectivity index (χ2n) is 5.71. The lowest BCUT2D eigenvalue weighted by atomic mass is 9.97. The zero-order valence-electron chi connectivity index (χ0n) is 13.9. The van der Waals surface area contributed by atoms with Crippen molar-refractivity contribution in [2.45, 2.75) is 62.0 Å². The second kappa shape index (κ2) is 9.93. The summed E-state index contributed by atoms with van der Waals surface area (Å²) in [5, 5.41) is 15.1. The van der Waals surface area contributed by atoms with Crippen molar-refractivity contribution < 1.29 is 4.79 Å². The molecule has 1 amide bonds. The molecule has 2 N–H and O–H groups in total. The van der Waals surface area contributed by atoms with Gasteiger partial charge in [0.05, 0.1) is 5.25 Å². The van der Waals surface area contributed by atoms with Gasteiger partial charge in [-0.1, -0.05) is 41.7 Å². The Labute approximate surface area is 146 Å². The number of anilines is 1. The van der Waals surface area contributed by atoms with Gasteiger partial charge in [-0.15, -0.1) is 10.2 Å². The summed E-state index contributed by atoms with van der Waals surface area (Å²) in [5.41, 5.74) is 1.49. The average Bonchev–Trinajstić information content (AvgIpc) is 3.01. The molecular weight excluding hydrogens is 328 g/mol. The normalized spacial score (nSPS) is 15.8. The van der Waals surface area contributed by atoms with E-state index in [1.807, 2.05) is 6.92 Å². The number of rotatable bonds is 9. The van der Waals surface area contributed by atoms with Gasteiger partial charge >= 0.3 is 0 Å². The third-order valence-corrected chi connectivity index (χ3v) is 5.78. The highest BCUT2D eigenvalue weighted by Gasteiger charge is 2.17. The number of amides is 1. The zero-order chi connectivity index (χ0) is 16.5. The number of aromatic nitrogens is 2. The van der Waals surface area contributed by atoms with Gasteiger partial charge in [-0.3, -0.25) is 4.79 Å². The number of nitrogens with zero attached hydrogens (tertiary/aromatic N) is 2. The number of allylic oxidation sites excluding steroid dienone is 1. The predicted molar refractivity (Wildman–Crippen MR) is 98.2 cm³/mol. The van der Waals surface area contributed by atoms with Crippen molar-refractivity contribution in [1.82, 2.24) is 15.5 Å². The molecule has 23 heavy (non-hydrogen) atoms. The average molecular weight is 355 g/mol. The third kappa shape index (κ3) is 6.51. The van der Waals surface area contributed by atoms with Gasteiger partial charge in [0.2, 0.25) is 11.0 Å². The number of carbonyl (C=O) groups is 1. The summed E-state index contributed by atoms with van der Waals surface area (Å²) >= 11 is 2.98. The van der Waals surface area contributed by atoms with Crippen LogP contribution in [0.2, 0.25) is 0 Å². The van der Waals surface area contributed by atoms with Crippen molar-refractivity contribution in [1.29, 1.82) is 0 Å². The second-order valence-corrected chi connectivity index (χ2v) is 8.27. The Morgan fingerprint density at radius 3 is 3.00 bits per heavy atom. The fourth-order valence-corrected chi connectivity index (χ4v) is 4.33. The molecule has 1 heterocycles. The SMILES string of the molecule is CCCNc1nnc(SC(C)C(=O)NCCC2=CCCCC2)s1. The van der Waals surface area contributed by atoms with Gasteiger partial charge in [0, 0.05) is 13.1 Å². The molecule has 1 atom stereocenters. The van der Waals surface area contributed by atoms with Gasteiger partial charge in [0.15, 0.2) is 4.34 Å². The molecule has 1 unspecified atom stereocenters. The van der Waals surface area contributed by atoms with Gasteiger partial charge in [-0.2, -0.15) is 0 Å². The van der Waals surface area contributed by atoms with E-state index in [1.54, 1.807) is 0 Å². The van der Waals surface area contributed by atoms with E-state index in [-0.39, 0.29) is 11.2 Å². The monoisotopic (exact) mass is 354 g/mol. The maximum absolute atomic E-state index is 12.2. The van der Waals surface area contributed by atoms with Crippen LogP contribution < -0.4 is 10.6 Å². The van der Waals surface area contributed by atoms with Crippen molar-refractivity contribution in [3.63, 3.8) is 0 Å². The molecule has 0 radical (unpaired) electrons. The Morgan fingerprint density at radius 2 is 2.26 bits per heavy atom. The molecule has 0 fully saturated rings. The molecule has 2 rings (SSSR count). The summed E-state index contributed by atoms with van der Waals surface area (Å²) in [7, 11) is 0. The number of hydrogen-bond donors (Lipinski definition) is 2. The highest BCUT2D eigenvalue weighted by molar-refractivity contribution is 8.02. The minimum absolute atomic E-state index is 0.0738. The van der Waals surface area contributed by atoms with Crippen molar-refractivity contribution in [3.05, 3.63) is 11.6 Å². The van der Waals surface area contributed by atoms with E-state index in [9.17, 15) is 4.79 Å². The van der Waals surface area contributed by atoms with E-state index in [0.717, 1.165) is 35.4 Å². The first-order chi connectivity index (χ1) is 11.2. The summed E-state index contributed by atoms with van der Waals surface area (Å²) in [6, 6.07) is 0. The number of carbonyl (C=O) groups excluding carboxylic acids is 1. The van der Waals surface area contributed by atoms with E-state index in [0.29, 0.717) is 0 Å². The van der Waals surface area contributed by atoms with Gasteiger partial charge in [-0.25, -0.2) is 0 Å². The van der Waals surface area contributed by atoms with Crippen molar-refractivity contribution >= 4 is 34.1 Å². The van der Waals surface area contributed by atoms with Crippen LogP contribution in [0.5, 0.6) is 0 Å². The van der Waals surface area contributed by atoms with Gasteiger partial charge in [0.1, 0.15) is 0 Å². The molecule has 0 aromatic carbocycles. The summed E-state index contributed by atoms with van der Waals surface area (Å²) in [6.07, 6.45) is 9.35. The molecule has 7 heteroatoms. The molecule has 0 bridgehead atoms. The predicted octanol–water partition coefficient (Wildman–Crippen LogP) is 3.85. The topological polar surface area (TPSA) is 66.9 Å². The molecular formula is C16H26N4OS2. The van der Waals surface area contributed by atoms with Crippen molar-refractivity contribution in [2.24, 2.45) is 0 Å². The number of thioether (sulfide) groups is 1. The fourth-order valence-electron chi connectivity index (χ4n) is 2.39. The van der Waals surface area contributed by atoms with Gasteiger partial charge in [-0.05, 0) is 45.4 Å². The smallest absolute Gasteiger partial charge is 0.233 e. The summed E-state index contributed by atoms with van der Waals surface area (Å²) in [5.74, 6) is 0.0738. The minimum Gasteiger partial charge on any atom is -0.360 e. The Kier molecular flexibility index (Phi) is 7.88. The van der Waals surface area contributed by atoms with Crippen molar-refractivity contribution in [2.75, 3.05) is 18.4 Å². The highest BCUT2D eigenvalue weighted by Crippen LogP contribution is 2.29. The molecule has 0 spiro atoms. The molecule has 1 aliphatic rings. The first-order valence-corrected chi connectivity index (χ1v) is 10.1. The molecule has 0 saturated carbocycles. The summed E-state index contributed by atoms with van der Waals surface area (Å²) < 4.78 is 0.834. The first-order valence-electron chi connectivity index (χ1n) is 8.38. The van der Waals surface area contributed by atoms with Crippen LogP contribution in [0.25, 0.3) is 0 Å². The Morgan fingerprint density at radius 1 is 1.39 bits per heavy atom. The van der Waals surface area contributed by atoms with Crippen LogP contribution in [0, 0.1) is 0 Å². The quantitative estimate of drug-likeness (QED) is 0.521. The highest BCUT2D eigenvalue weighted by atomic mass is 32.2. The fraction of sp³-hybridized carbons (Fsp3) is 0.688. The van der Waals surface area contributed by atoms with Crippen LogP contribution in [-0.2, 0) is 4.79 Å². The maximum Gasteiger partial charge on any atom is 0.233 e. The lowest BCUT2D eigenvalue weighted by molar-refractivity contribution is -0.120. The molecule has 1 aromatic rings. The van der Waals surface area contributed by atoms with Crippen LogP contribution >= 0.6 is 23.1 Å². The minimum atomic E-state index is -0.151. The van der Waals surface area contributed by atoms with E-state index in [4.69, 9.17) is 0 Å². The van der Waals surface area contributed by atoms with E-state index in [1.165, 1.54) is 54.4 Å². The summed E-state index contributed by atoms with van der Waals surface area (Å²) in [4.78, 5) is 12.2. The van der Waals surface area contributed by atoms with Gasteiger partial charge in [0.25, 0.3) is 0 Å². The maximum atomic E-state index is 12.2. The molecule has 0 saturated heterocycles. The molecule has 0 aliphatic heterocycles. The lowest BCUT2D eigenvalue weighted by Crippen LogP contribution is -2.31. The standard InChI is InChI=1S/C16H26N4OS2/c1-3-10-18-15-19-20-16(23-15)22-12(2)14(21)17-11-9-13-7-5-4-6-8-13/h7,12H,3-6,8-11H2,1-2H3,(H,17,21)(H,18,19). The van der Waals surface area contributed by atoms with E-state index < -0.39 is 0 Å². The van der Waals surface area contributed by atoms with Crippen LogP contribution in [0.4, 0.5) is 5.13 Å². The Balaban J connectivity index is 1.69. The molecule has 1 aromatic heterocycles. The lowest BCUT2D eigenvalue weighted by Gasteiger charge is -2.14. The number of hydrogen-bond acceptors (Lipinski definition) is 6. The van der Waals surface area contributed by atoms with Crippen LogP contribution in [-0.4, -0.2) is 34.4 Å². The third-order valence-electron chi connectivity index (χ3n) is 3.71. The van der Waals surface area contributed by atoms with E-state index >= 15 is 0 Å². The molecule has 1 aliphatic carbocycles. The summed E-state index contributed by atoms with van der Waals surface area (Å²) in [6.45, 7) is 5.65. The van der Waals surface area contributed by atoms with Crippen molar-refractivity contribution in [3.8, 4) is 0 Å². The Bertz CT molecular complexity index is 530. The molecule has 5 nitrogen and oxygen atoms in total. The zero-order valence-corrected chi connectivity index (χ0v) is 15.6. The van der Waals surface area contributed by atoms with Crippen LogP contribution in [0.15, 0.2) is 16.0 Å². The number of nitrogens with one attached hydrogen (secondary N) is 2. The first kappa shape index (κ1) is 18.3. The van der Waals surface area contributed by atoms with E-state index in [2.05, 4.69) is 33.8 Å². The largest absolute Gasteiger partial charge is 0.360 e. The van der Waals surface area contributed by atoms with Crippen LogP contribution in [0.3, 0.4) is 0 Å². The van der Waals surface area contributed by atoms with Gasteiger partial charge < -0.3 is 10.6 Å². The Hall–Kier alpha value is -1.08. The van der Waals surface area contributed by atoms with Crippen LogP contribution in [0.1, 0.15) is 52.4 Å².